The average molecular weight is 444 g/mol. The first-order valence-electron chi connectivity index (χ1n) is 9.66. The normalized spacial score (nSPS) is 11.6. The van der Waals surface area contributed by atoms with Crippen LogP contribution in [-0.2, 0) is 16.4 Å². The van der Waals surface area contributed by atoms with Crippen LogP contribution < -0.4 is 10.0 Å². The molecular weight excluding hydrogens is 418 g/mol. The molecule has 0 unspecified atom stereocenters. The number of hydrogen-bond acceptors (Lipinski definition) is 5. The number of nitrogens with zero attached hydrogens (tertiary/aromatic N) is 1. The van der Waals surface area contributed by atoms with Gasteiger partial charge >= 0.3 is 0 Å². The fraction of sp³-hybridized carbons (Fsp3) is 0.273. The molecule has 0 aliphatic rings. The first-order chi connectivity index (χ1) is 14.2. The number of aromatic nitrogens is 1. The lowest BCUT2D eigenvalue weighted by atomic mass is 10.1. The van der Waals surface area contributed by atoms with Gasteiger partial charge in [0.1, 0.15) is 0 Å². The first-order valence-corrected chi connectivity index (χ1v) is 12.0. The minimum absolute atomic E-state index is 0.0803. The van der Waals surface area contributed by atoms with Gasteiger partial charge in [-0.1, -0.05) is 30.3 Å². The second-order valence-corrected chi connectivity index (χ2v) is 10.0. The van der Waals surface area contributed by atoms with Gasteiger partial charge in [-0.05, 0) is 51.0 Å². The van der Waals surface area contributed by atoms with Crippen LogP contribution in [0.3, 0.4) is 0 Å². The monoisotopic (exact) mass is 443 g/mol. The van der Waals surface area contributed by atoms with Gasteiger partial charge in [-0.3, -0.25) is 4.79 Å². The van der Waals surface area contributed by atoms with E-state index in [0.29, 0.717) is 18.5 Å². The van der Waals surface area contributed by atoms with Crippen LogP contribution >= 0.6 is 11.3 Å². The summed E-state index contributed by atoms with van der Waals surface area (Å²) in [5.41, 5.74) is 3.46. The average Bonchev–Trinajstić information content (AvgIpc) is 3.14. The van der Waals surface area contributed by atoms with Crippen molar-refractivity contribution in [3.05, 3.63) is 70.0 Å². The highest BCUT2D eigenvalue weighted by Gasteiger charge is 2.17. The number of thiazole rings is 1. The molecule has 30 heavy (non-hydrogen) atoms. The summed E-state index contributed by atoms with van der Waals surface area (Å²) in [6.07, 6.45) is 0.676. The molecule has 2 aromatic carbocycles. The summed E-state index contributed by atoms with van der Waals surface area (Å²) >= 11 is 1.62. The Kier molecular flexibility index (Phi) is 7.02. The lowest BCUT2D eigenvalue weighted by Gasteiger charge is -2.11. The molecule has 3 rings (SSSR count). The van der Waals surface area contributed by atoms with Crippen molar-refractivity contribution in [1.82, 2.24) is 15.0 Å². The van der Waals surface area contributed by atoms with Crippen LogP contribution in [0.5, 0.6) is 0 Å². The number of aryl methyl sites for hydroxylation is 1. The van der Waals surface area contributed by atoms with Gasteiger partial charge in [0, 0.05) is 29.1 Å². The molecule has 1 amide bonds. The van der Waals surface area contributed by atoms with E-state index in [-0.39, 0.29) is 16.8 Å². The SMILES string of the molecule is Cc1nc(-c2ccc(CCNC(=O)c3cccc(S(=O)(=O)NC(C)C)c3)cc2)cs1. The van der Waals surface area contributed by atoms with E-state index >= 15 is 0 Å². The van der Waals surface area contributed by atoms with E-state index < -0.39 is 10.0 Å². The van der Waals surface area contributed by atoms with E-state index in [0.717, 1.165) is 21.8 Å². The number of rotatable bonds is 8. The smallest absolute Gasteiger partial charge is 0.251 e. The molecule has 1 aromatic heterocycles. The van der Waals surface area contributed by atoms with Crippen molar-refractivity contribution in [2.45, 2.75) is 38.1 Å². The molecular formula is C22H25N3O3S2. The minimum Gasteiger partial charge on any atom is -0.352 e. The molecule has 158 valence electrons. The van der Waals surface area contributed by atoms with Crippen molar-refractivity contribution >= 4 is 27.3 Å². The van der Waals surface area contributed by atoms with Gasteiger partial charge in [0.15, 0.2) is 0 Å². The largest absolute Gasteiger partial charge is 0.352 e. The van der Waals surface area contributed by atoms with Crippen molar-refractivity contribution in [2.24, 2.45) is 0 Å². The van der Waals surface area contributed by atoms with Crippen LogP contribution in [0, 0.1) is 6.92 Å². The van der Waals surface area contributed by atoms with Crippen LogP contribution in [0.4, 0.5) is 0 Å². The topological polar surface area (TPSA) is 88.2 Å². The Labute approximate surface area is 181 Å². The molecule has 3 aromatic rings. The number of benzene rings is 2. The zero-order valence-electron chi connectivity index (χ0n) is 17.2. The third-order valence-corrected chi connectivity index (χ3v) is 6.80. The highest BCUT2D eigenvalue weighted by molar-refractivity contribution is 7.89. The number of hydrogen-bond donors (Lipinski definition) is 2. The molecule has 0 radical (unpaired) electrons. The highest BCUT2D eigenvalue weighted by atomic mass is 32.2. The lowest BCUT2D eigenvalue weighted by molar-refractivity contribution is 0.0954. The van der Waals surface area contributed by atoms with Crippen LogP contribution in [0.25, 0.3) is 11.3 Å². The summed E-state index contributed by atoms with van der Waals surface area (Å²) in [7, 11) is -3.64. The van der Waals surface area contributed by atoms with E-state index in [2.05, 4.69) is 15.0 Å². The van der Waals surface area contributed by atoms with E-state index in [4.69, 9.17) is 0 Å². The van der Waals surface area contributed by atoms with E-state index in [1.54, 1.807) is 37.3 Å². The molecule has 0 saturated heterocycles. The van der Waals surface area contributed by atoms with Crippen LogP contribution in [0.15, 0.2) is 58.8 Å². The summed E-state index contributed by atoms with van der Waals surface area (Å²) in [5.74, 6) is -0.300. The van der Waals surface area contributed by atoms with Crippen molar-refractivity contribution < 1.29 is 13.2 Å². The van der Waals surface area contributed by atoms with Gasteiger partial charge in [-0.25, -0.2) is 18.1 Å². The summed E-state index contributed by atoms with van der Waals surface area (Å²) < 4.78 is 27.1. The molecule has 0 atom stereocenters. The quantitative estimate of drug-likeness (QED) is 0.555. The molecule has 0 bridgehead atoms. The predicted molar refractivity (Wildman–Crippen MR) is 120 cm³/mol. The predicted octanol–water partition coefficient (Wildman–Crippen LogP) is 3.78. The number of sulfonamides is 1. The highest BCUT2D eigenvalue weighted by Crippen LogP contribution is 2.21. The van der Waals surface area contributed by atoms with Crippen molar-refractivity contribution in [3.63, 3.8) is 0 Å². The Morgan fingerprint density at radius 1 is 1.13 bits per heavy atom. The van der Waals surface area contributed by atoms with Gasteiger partial charge in [-0.15, -0.1) is 11.3 Å². The lowest BCUT2D eigenvalue weighted by Crippen LogP contribution is -2.30. The molecule has 1 heterocycles. The molecule has 0 aliphatic heterocycles. The van der Waals surface area contributed by atoms with Crippen molar-refractivity contribution in [2.75, 3.05) is 6.54 Å². The van der Waals surface area contributed by atoms with Crippen molar-refractivity contribution in [3.8, 4) is 11.3 Å². The molecule has 0 spiro atoms. The van der Waals surface area contributed by atoms with Crippen LogP contribution in [-0.4, -0.2) is 31.9 Å². The minimum atomic E-state index is -3.64. The maximum absolute atomic E-state index is 12.4. The van der Waals surface area contributed by atoms with Gasteiger partial charge in [0.05, 0.1) is 15.6 Å². The molecule has 0 fully saturated rings. The summed E-state index contributed by atoms with van der Waals surface area (Å²) in [6, 6.07) is 13.9. The van der Waals surface area contributed by atoms with Crippen molar-refractivity contribution in [1.29, 1.82) is 0 Å². The van der Waals surface area contributed by atoms with E-state index in [1.807, 2.05) is 36.6 Å². The number of carbonyl (C=O) groups is 1. The molecule has 6 nitrogen and oxygen atoms in total. The molecule has 0 aliphatic carbocycles. The maximum atomic E-state index is 12.4. The molecule has 0 saturated carbocycles. The van der Waals surface area contributed by atoms with Crippen LogP contribution in [0.1, 0.15) is 34.8 Å². The van der Waals surface area contributed by atoms with Gasteiger partial charge in [0.25, 0.3) is 5.91 Å². The fourth-order valence-electron chi connectivity index (χ4n) is 2.94. The second-order valence-electron chi connectivity index (χ2n) is 7.26. The Morgan fingerprint density at radius 3 is 2.50 bits per heavy atom. The first kappa shape index (κ1) is 22.1. The number of nitrogens with one attached hydrogen (secondary N) is 2. The standard InChI is InChI=1S/C22H25N3O3S2/c1-15(2)25-30(27,28)20-6-4-5-19(13-20)22(26)23-12-11-17-7-9-18(10-8-17)21-14-29-16(3)24-21/h4-10,13-15,25H,11-12H2,1-3H3,(H,23,26). The Bertz CT molecular complexity index is 1120. The van der Waals surface area contributed by atoms with E-state index in [9.17, 15) is 13.2 Å². The van der Waals surface area contributed by atoms with Gasteiger partial charge < -0.3 is 5.32 Å². The van der Waals surface area contributed by atoms with Crippen LogP contribution in [0.2, 0.25) is 0 Å². The Balaban J connectivity index is 1.58. The Hall–Kier alpha value is -2.55. The molecule has 8 heteroatoms. The zero-order chi connectivity index (χ0) is 21.7. The summed E-state index contributed by atoms with van der Waals surface area (Å²) in [6.45, 7) is 5.93. The maximum Gasteiger partial charge on any atom is 0.251 e. The van der Waals surface area contributed by atoms with Gasteiger partial charge in [0.2, 0.25) is 10.0 Å². The third-order valence-electron chi connectivity index (χ3n) is 4.37. The Morgan fingerprint density at radius 2 is 1.87 bits per heavy atom. The van der Waals surface area contributed by atoms with E-state index in [1.165, 1.54) is 12.1 Å². The summed E-state index contributed by atoms with van der Waals surface area (Å²) in [4.78, 5) is 17.0. The number of carbonyl (C=O) groups excluding carboxylic acids is 1. The molecule has 2 N–H and O–H groups in total. The zero-order valence-corrected chi connectivity index (χ0v) is 18.8. The second kappa shape index (κ2) is 9.51. The third kappa shape index (κ3) is 5.75. The summed E-state index contributed by atoms with van der Waals surface area (Å²) in [5, 5.41) is 5.92. The van der Waals surface area contributed by atoms with Gasteiger partial charge in [-0.2, -0.15) is 0 Å². The number of amides is 1. The fourth-order valence-corrected chi connectivity index (χ4v) is 4.86.